The lowest BCUT2D eigenvalue weighted by Gasteiger charge is -2.12. The summed E-state index contributed by atoms with van der Waals surface area (Å²) in [5, 5.41) is 12.8. The third kappa shape index (κ3) is 4.28. The highest BCUT2D eigenvalue weighted by atomic mass is 35.5. The Morgan fingerprint density at radius 3 is 2.67 bits per heavy atom. The van der Waals surface area contributed by atoms with Gasteiger partial charge in [-0.25, -0.2) is 4.39 Å². The minimum atomic E-state index is -0.671. The molecule has 0 saturated carbocycles. The zero-order valence-electron chi connectivity index (χ0n) is 11.2. The van der Waals surface area contributed by atoms with E-state index in [0.29, 0.717) is 11.4 Å². The van der Waals surface area contributed by atoms with Gasteiger partial charge in [0.2, 0.25) is 0 Å². The van der Waals surface area contributed by atoms with E-state index in [-0.39, 0.29) is 12.1 Å². The van der Waals surface area contributed by atoms with E-state index in [4.69, 9.17) is 11.6 Å². The summed E-state index contributed by atoms with van der Waals surface area (Å²) < 4.78 is 13.5. The van der Waals surface area contributed by atoms with Crippen LogP contribution in [0.15, 0.2) is 48.5 Å². The number of rotatable bonds is 5. The fraction of sp³-hybridized carbons (Fsp3) is 0.188. The van der Waals surface area contributed by atoms with Gasteiger partial charge in [0.25, 0.3) is 5.91 Å². The van der Waals surface area contributed by atoms with Crippen molar-refractivity contribution in [1.29, 1.82) is 0 Å². The molecular formula is C16H15ClFNO2. The molecular weight excluding hydrogens is 293 g/mol. The molecule has 0 heterocycles. The second kappa shape index (κ2) is 7.20. The van der Waals surface area contributed by atoms with Crippen LogP contribution < -0.4 is 5.32 Å². The van der Waals surface area contributed by atoms with E-state index in [1.54, 1.807) is 0 Å². The molecule has 0 saturated heterocycles. The lowest BCUT2D eigenvalue weighted by molar-refractivity contribution is 0.0938. The number of nitrogens with one attached hydrogen (secondary N) is 1. The standard InChI is InChI=1S/C16H15ClFNO2/c17-12-6-7-14(18)13(10-12)16(21)19-9-8-15(20)11-4-2-1-3-5-11/h1-7,10,15,20H,8-9H2,(H,19,21). The van der Waals surface area contributed by atoms with E-state index >= 15 is 0 Å². The van der Waals surface area contributed by atoms with Gasteiger partial charge in [-0.1, -0.05) is 41.9 Å². The molecule has 0 aliphatic carbocycles. The molecule has 0 fully saturated rings. The summed E-state index contributed by atoms with van der Waals surface area (Å²) >= 11 is 5.74. The molecule has 1 atom stereocenters. The van der Waals surface area contributed by atoms with E-state index in [1.165, 1.54) is 12.1 Å². The van der Waals surface area contributed by atoms with Gasteiger partial charge in [0.05, 0.1) is 11.7 Å². The van der Waals surface area contributed by atoms with Gasteiger partial charge in [-0.2, -0.15) is 0 Å². The third-order valence-electron chi connectivity index (χ3n) is 3.06. The number of benzene rings is 2. The van der Waals surface area contributed by atoms with E-state index < -0.39 is 17.8 Å². The molecule has 0 aliphatic rings. The van der Waals surface area contributed by atoms with Crippen LogP contribution >= 0.6 is 11.6 Å². The average Bonchev–Trinajstić information content (AvgIpc) is 2.50. The quantitative estimate of drug-likeness (QED) is 0.890. The molecule has 0 aliphatic heterocycles. The second-order valence-corrected chi connectivity index (χ2v) is 5.03. The van der Waals surface area contributed by atoms with Crippen molar-refractivity contribution in [3.05, 3.63) is 70.5 Å². The Hall–Kier alpha value is -1.91. The summed E-state index contributed by atoms with van der Waals surface area (Å²) in [6, 6.07) is 13.0. The van der Waals surface area contributed by atoms with Crippen molar-refractivity contribution in [2.45, 2.75) is 12.5 Å². The van der Waals surface area contributed by atoms with Crippen molar-refractivity contribution in [2.24, 2.45) is 0 Å². The van der Waals surface area contributed by atoms with Gasteiger partial charge in [0.1, 0.15) is 5.82 Å². The van der Waals surface area contributed by atoms with E-state index in [1.807, 2.05) is 30.3 Å². The number of halogens is 2. The van der Waals surface area contributed by atoms with Gasteiger partial charge in [-0.05, 0) is 30.2 Å². The Balaban J connectivity index is 1.88. The first-order valence-corrected chi connectivity index (χ1v) is 6.92. The molecule has 2 aromatic rings. The van der Waals surface area contributed by atoms with Crippen LogP contribution in [0.1, 0.15) is 28.4 Å². The third-order valence-corrected chi connectivity index (χ3v) is 3.30. The molecule has 3 nitrogen and oxygen atoms in total. The van der Waals surface area contributed by atoms with Crippen molar-refractivity contribution in [3.8, 4) is 0 Å². The fourth-order valence-corrected chi connectivity index (χ4v) is 2.10. The SMILES string of the molecule is O=C(NCCC(O)c1ccccc1)c1cc(Cl)ccc1F. The summed E-state index contributed by atoms with van der Waals surface area (Å²) in [5.41, 5.74) is 0.678. The molecule has 1 unspecified atom stereocenters. The molecule has 1 amide bonds. The highest BCUT2D eigenvalue weighted by Crippen LogP contribution is 2.16. The van der Waals surface area contributed by atoms with Crippen LogP contribution in [-0.4, -0.2) is 17.6 Å². The Labute approximate surface area is 127 Å². The monoisotopic (exact) mass is 307 g/mol. The van der Waals surface area contributed by atoms with Gasteiger partial charge < -0.3 is 10.4 Å². The number of hydrogen-bond acceptors (Lipinski definition) is 2. The molecule has 2 rings (SSSR count). The number of aliphatic hydroxyl groups is 1. The van der Waals surface area contributed by atoms with Crippen molar-refractivity contribution >= 4 is 17.5 Å². The largest absolute Gasteiger partial charge is 0.388 e. The van der Waals surface area contributed by atoms with Gasteiger partial charge in [-0.15, -0.1) is 0 Å². The normalized spacial score (nSPS) is 12.0. The number of carbonyl (C=O) groups excluding carboxylic acids is 1. The van der Waals surface area contributed by atoms with Crippen LogP contribution in [0.25, 0.3) is 0 Å². The van der Waals surface area contributed by atoms with E-state index in [0.717, 1.165) is 11.6 Å². The van der Waals surface area contributed by atoms with E-state index in [2.05, 4.69) is 5.32 Å². The molecule has 0 aromatic heterocycles. The molecule has 0 bridgehead atoms. The van der Waals surface area contributed by atoms with Crippen molar-refractivity contribution in [2.75, 3.05) is 6.54 Å². The van der Waals surface area contributed by atoms with Crippen molar-refractivity contribution in [1.82, 2.24) is 5.32 Å². The second-order valence-electron chi connectivity index (χ2n) is 4.60. The Morgan fingerprint density at radius 1 is 1.24 bits per heavy atom. The van der Waals surface area contributed by atoms with Gasteiger partial charge in [0, 0.05) is 11.6 Å². The van der Waals surface area contributed by atoms with Gasteiger partial charge in [-0.3, -0.25) is 4.79 Å². The summed E-state index contributed by atoms with van der Waals surface area (Å²) in [5.74, 6) is -1.17. The zero-order valence-corrected chi connectivity index (χ0v) is 12.0. The highest BCUT2D eigenvalue weighted by molar-refractivity contribution is 6.30. The number of aliphatic hydroxyl groups excluding tert-OH is 1. The maximum atomic E-state index is 13.5. The van der Waals surface area contributed by atoms with Crippen LogP contribution in [0.5, 0.6) is 0 Å². The Bertz CT molecular complexity index is 619. The molecule has 21 heavy (non-hydrogen) atoms. The van der Waals surface area contributed by atoms with Crippen LogP contribution in [0, 0.1) is 5.82 Å². The van der Waals surface area contributed by atoms with Crippen LogP contribution in [0.2, 0.25) is 5.02 Å². The Morgan fingerprint density at radius 2 is 1.95 bits per heavy atom. The minimum absolute atomic E-state index is 0.100. The number of hydrogen-bond donors (Lipinski definition) is 2. The molecule has 5 heteroatoms. The predicted octanol–water partition coefficient (Wildman–Crippen LogP) is 3.33. The van der Waals surface area contributed by atoms with Crippen LogP contribution in [0.3, 0.4) is 0 Å². The maximum Gasteiger partial charge on any atom is 0.254 e. The van der Waals surface area contributed by atoms with Crippen molar-refractivity contribution < 1.29 is 14.3 Å². The molecule has 110 valence electrons. The van der Waals surface area contributed by atoms with Crippen LogP contribution in [0.4, 0.5) is 4.39 Å². The first kappa shape index (κ1) is 15.5. The lowest BCUT2D eigenvalue weighted by Crippen LogP contribution is -2.26. The fourth-order valence-electron chi connectivity index (χ4n) is 1.93. The molecule has 0 radical (unpaired) electrons. The number of carbonyl (C=O) groups is 1. The first-order valence-electron chi connectivity index (χ1n) is 6.54. The van der Waals surface area contributed by atoms with Gasteiger partial charge in [0.15, 0.2) is 0 Å². The molecule has 2 aromatic carbocycles. The molecule has 2 N–H and O–H groups in total. The predicted molar refractivity (Wildman–Crippen MR) is 79.8 cm³/mol. The highest BCUT2D eigenvalue weighted by Gasteiger charge is 2.13. The Kier molecular flexibility index (Phi) is 5.31. The topological polar surface area (TPSA) is 49.3 Å². The zero-order chi connectivity index (χ0) is 15.2. The minimum Gasteiger partial charge on any atom is -0.388 e. The lowest BCUT2D eigenvalue weighted by atomic mass is 10.1. The maximum absolute atomic E-state index is 13.5. The summed E-state index contributed by atoms with van der Waals surface area (Å²) in [6.07, 6.45) is -0.325. The van der Waals surface area contributed by atoms with Gasteiger partial charge >= 0.3 is 0 Å². The van der Waals surface area contributed by atoms with E-state index in [9.17, 15) is 14.3 Å². The average molecular weight is 308 g/mol. The molecule has 0 spiro atoms. The summed E-state index contributed by atoms with van der Waals surface area (Å²) in [7, 11) is 0. The number of amides is 1. The summed E-state index contributed by atoms with van der Waals surface area (Å²) in [6.45, 7) is 0.237. The van der Waals surface area contributed by atoms with Crippen molar-refractivity contribution in [3.63, 3.8) is 0 Å². The van der Waals surface area contributed by atoms with Crippen LogP contribution in [-0.2, 0) is 0 Å². The smallest absolute Gasteiger partial charge is 0.254 e. The summed E-state index contributed by atoms with van der Waals surface area (Å²) in [4.78, 5) is 11.8. The first-order chi connectivity index (χ1) is 10.1.